The van der Waals surface area contributed by atoms with Crippen molar-refractivity contribution in [2.24, 2.45) is 5.84 Å². The molecule has 0 fully saturated rings. The summed E-state index contributed by atoms with van der Waals surface area (Å²) in [5.74, 6) is 8.01. The van der Waals surface area contributed by atoms with Gasteiger partial charge in [0.2, 0.25) is 0 Å². The molecule has 1 aromatic heterocycles. The molecule has 0 bridgehead atoms. The average Bonchev–Trinajstić information content (AvgIpc) is 2.40. The third-order valence-corrected chi connectivity index (χ3v) is 1.34. The molecule has 0 aliphatic heterocycles. The summed E-state index contributed by atoms with van der Waals surface area (Å²) in [6.07, 6.45) is 6.70. The van der Waals surface area contributed by atoms with Crippen LogP contribution in [0.3, 0.4) is 0 Å². The summed E-state index contributed by atoms with van der Waals surface area (Å²) in [5.41, 5.74) is 8.59. The Labute approximate surface area is 64.1 Å². The summed E-state index contributed by atoms with van der Waals surface area (Å²) in [4.78, 5) is 0. The summed E-state index contributed by atoms with van der Waals surface area (Å²) in [6.45, 7) is 0. The summed E-state index contributed by atoms with van der Waals surface area (Å²) in [6, 6.07) is -0.381. The number of hydrazine groups is 1. The van der Waals surface area contributed by atoms with Crippen molar-refractivity contribution in [3.8, 4) is 12.3 Å². The van der Waals surface area contributed by atoms with E-state index in [1.54, 1.807) is 6.20 Å². The smallest absolute Gasteiger partial charge is 0.124 e. The fourth-order valence-electron chi connectivity index (χ4n) is 0.763. The Morgan fingerprint density at radius 2 is 2.55 bits per heavy atom. The maximum absolute atomic E-state index is 5.48. The van der Waals surface area contributed by atoms with Gasteiger partial charge in [-0.2, -0.15) is 5.10 Å². The third kappa shape index (κ3) is 1.32. The molecule has 0 aromatic carbocycles. The predicted octanol–water partition coefficient (Wildman–Crippen LogP) is -0.871. The molecule has 1 heterocycles. The molecule has 0 aliphatic rings. The van der Waals surface area contributed by atoms with Crippen LogP contribution in [-0.2, 0) is 0 Å². The zero-order valence-electron chi connectivity index (χ0n) is 5.83. The van der Waals surface area contributed by atoms with Crippen molar-refractivity contribution < 1.29 is 0 Å². The molecule has 1 unspecified atom stereocenters. The van der Waals surface area contributed by atoms with Crippen molar-refractivity contribution in [3.63, 3.8) is 0 Å². The average molecular weight is 151 g/mol. The monoisotopic (exact) mass is 151 g/mol. The van der Waals surface area contributed by atoms with E-state index in [0.29, 0.717) is 11.4 Å². The van der Waals surface area contributed by atoms with Crippen LogP contribution in [0.4, 0.5) is 5.82 Å². The molecule has 0 saturated carbocycles. The first-order valence-electron chi connectivity index (χ1n) is 3.00. The highest BCUT2D eigenvalue weighted by molar-refractivity contribution is 5.42. The SMILES string of the molecule is C#CC(NN)c1cn[nH]c1N. The van der Waals surface area contributed by atoms with Gasteiger partial charge < -0.3 is 5.73 Å². The van der Waals surface area contributed by atoms with Crippen LogP contribution in [0.2, 0.25) is 0 Å². The van der Waals surface area contributed by atoms with Crippen molar-refractivity contribution in [3.05, 3.63) is 11.8 Å². The maximum atomic E-state index is 5.48. The van der Waals surface area contributed by atoms with Gasteiger partial charge in [0.15, 0.2) is 0 Å². The van der Waals surface area contributed by atoms with E-state index >= 15 is 0 Å². The number of hydrogen-bond acceptors (Lipinski definition) is 4. The Hall–Kier alpha value is -1.51. The third-order valence-electron chi connectivity index (χ3n) is 1.34. The van der Waals surface area contributed by atoms with Crippen LogP contribution >= 0.6 is 0 Å². The number of aromatic amines is 1. The highest BCUT2D eigenvalue weighted by Gasteiger charge is 2.10. The molecule has 5 nitrogen and oxygen atoms in total. The van der Waals surface area contributed by atoms with Crippen molar-refractivity contribution in [1.29, 1.82) is 0 Å². The second-order valence-corrected chi connectivity index (χ2v) is 2.01. The molecule has 0 amide bonds. The van der Waals surface area contributed by atoms with Gasteiger partial charge >= 0.3 is 0 Å². The zero-order valence-corrected chi connectivity index (χ0v) is 5.83. The number of rotatable bonds is 2. The zero-order chi connectivity index (χ0) is 8.27. The highest BCUT2D eigenvalue weighted by atomic mass is 15.2. The molecule has 1 atom stereocenters. The minimum atomic E-state index is -0.381. The number of nitrogens with one attached hydrogen (secondary N) is 2. The van der Waals surface area contributed by atoms with Gasteiger partial charge in [0.1, 0.15) is 11.9 Å². The molecule has 58 valence electrons. The predicted molar refractivity (Wildman–Crippen MR) is 41.9 cm³/mol. The van der Waals surface area contributed by atoms with Crippen LogP contribution in [0, 0.1) is 12.3 Å². The molecule has 0 radical (unpaired) electrons. The summed E-state index contributed by atoms with van der Waals surface area (Å²) >= 11 is 0. The van der Waals surface area contributed by atoms with Crippen molar-refractivity contribution in [2.45, 2.75) is 6.04 Å². The summed E-state index contributed by atoms with van der Waals surface area (Å²) < 4.78 is 0. The number of hydrogen-bond donors (Lipinski definition) is 4. The number of anilines is 1. The molecule has 11 heavy (non-hydrogen) atoms. The van der Waals surface area contributed by atoms with Crippen LogP contribution in [0.5, 0.6) is 0 Å². The molecule has 6 N–H and O–H groups in total. The van der Waals surface area contributed by atoms with Gasteiger partial charge in [0.05, 0.1) is 6.20 Å². The molecule has 5 heteroatoms. The number of aromatic nitrogens is 2. The maximum Gasteiger partial charge on any atom is 0.124 e. The minimum Gasteiger partial charge on any atom is -0.384 e. The van der Waals surface area contributed by atoms with Crippen molar-refractivity contribution in [2.75, 3.05) is 5.73 Å². The Kier molecular flexibility index (Phi) is 2.11. The lowest BCUT2D eigenvalue weighted by atomic mass is 10.2. The summed E-state index contributed by atoms with van der Waals surface area (Å²) in [5, 5.41) is 6.25. The lowest BCUT2D eigenvalue weighted by Gasteiger charge is -2.05. The summed E-state index contributed by atoms with van der Waals surface area (Å²) in [7, 11) is 0. The minimum absolute atomic E-state index is 0.381. The number of terminal acetylenes is 1. The molecule has 0 saturated heterocycles. The Bertz CT molecular complexity index is 271. The second kappa shape index (κ2) is 3.05. The van der Waals surface area contributed by atoms with E-state index in [1.165, 1.54) is 0 Å². The van der Waals surface area contributed by atoms with Crippen LogP contribution in [-0.4, -0.2) is 10.2 Å². The fraction of sp³-hybridized carbons (Fsp3) is 0.167. The van der Waals surface area contributed by atoms with Crippen LogP contribution in [0.25, 0.3) is 0 Å². The number of H-pyrrole nitrogens is 1. The first-order valence-corrected chi connectivity index (χ1v) is 3.00. The highest BCUT2D eigenvalue weighted by Crippen LogP contribution is 2.14. The number of nitrogens with two attached hydrogens (primary N) is 2. The first-order chi connectivity index (χ1) is 5.29. The fourth-order valence-corrected chi connectivity index (χ4v) is 0.763. The van der Waals surface area contributed by atoms with Gasteiger partial charge in [-0.05, 0) is 0 Å². The van der Waals surface area contributed by atoms with Gasteiger partial charge in [-0.1, -0.05) is 5.92 Å². The second-order valence-electron chi connectivity index (χ2n) is 2.01. The molecule has 1 rings (SSSR count). The van der Waals surface area contributed by atoms with Gasteiger partial charge in [-0.25, -0.2) is 5.43 Å². The molecule has 0 spiro atoms. The quantitative estimate of drug-likeness (QED) is 0.251. The van der Waals surface area contributed by atoms with E-state index in [9.17, 15) is 0 Å². The van der Waals surface area contributed by atoms with Crippen LogP contribution in [0.1, 0.15) is 11.6 Å². The van der Waals surface area contributed by atoms with Gasteiger partial charge in [0, 0.05) is 5.56 Å². The molecular weight excluding hydrogens is 142 g/mol. The van der Waals surface area contributed by atoms with Gasteiger partial charge in [0.25, 0.3) is 0 Å². The number of nitrogen functional groups attached to an aromatic ring is 1. The topological polar surface area (TPSA) is 92.7 Å². The Morgan fingerprint density at radius 1 is 1.82 bits per heavy atom. The van der Waals surface area contributed by atoms with Crippen LogP contribution in [0.15, 0.2) is 6.20 Å². The van der Waals surface area contributed by atoms with E-state index in [0.717, 1.165) is 0 Å². The van der Waals surface area contributed by atoms with Crippen molar-refractivity contribution >= 4 is 5.82 Å². The largest absolute Gasteiger partial charge is 0.384 e. The molecule has 0 aliphatic carbocycles. The Morgan fingerprint density at radius 3 is 2.91 bits per heavy atom. The molecular formula is C6H9N5. The van der Waals surface area contributed by atoms with E-state index < -0.39 is 0 Å². The van der Waals surface area contributed by atoms with Crippen molar-refractivity contribution in [1.82, 2.24) is 15.6 Å². The normalized spacial score (nSPS) is 12.4. The Balaban J connectivity index is 2.92. The lowest BCUT2D eigenvalue weighted by molar-refractivity contribution is 0.675. The lowest BCUT2D eigenvalue weighted by Crippen LogP contribution is -2.27. The van der Waals surface area contributed by atoms with E-state index in [-0.39, 0.29) is 6.04 Å². The van der Waals surface area contributed by atoms with Gasteiger partial charge in [-0.15, -0.1) is 6.42 Å². The van der Waals surface area contributed by atoms with Crippen LogP contribution < -0.4 is 17.0 Å². The van der Waals surface area contributed by atoms with Gasteiger partial charge in [-0.3, -0.25) is 10.9 Å². The molecule has 1 aromatic rings. The van der Waals surface area contributed by atoms with E-state index in [2.05, 4.69) is 21.5 Å². The first kappa shape index (κ1) is 7.60. The number of nitrogens with zero attached hydrogens (tertiary/aromatic N) is 1. The van der Waals surface area contributed by atoms with E-state index in [1.807, 2.05) is 0 Å². The standard InChI is InChI=1S/C6H9N5/c1-2-5(10-8)4-3-9-11-6(4)7/h1,3,5,10H,8H2,(H3,7,9,11). The van der Waals surface area contributed by atoms with E-state index in [4.69, 9.17) is 18.0 Å².